The second-order valence-electron chi connectivity index (χ2n) is 4.82. The van der Waals surface area contributed by atoms with Crippen LogP contribution in [0.1, 0.15) is 25.5 Å². The number of nitrogens with zero attached hydrogens (tertiary/aromatic N) is 2. The minimum atomic E-state index is 0.718. The summed E-state index contributed by atoms with van der Waals surface area (Å²) in [7, 11) is 1.91. The van der Waals surface area contributed by atoms with E-state index >= 15 is 0 Å². The summed E-state index contributed by atoms with van der Waals surface area (Å²) in [4.78, 5) is 7.02. The summed E-state index contributed by atoms with van der Waals surface area (Å²) in [6, 6.07) is 3.98. The van der Waals surface area contributed by atoms with Gasteiger partial charge in [-0.2, -0.15) is 0 Å². The predicted molar refractivity (Wildman–Crippen MR) is 72.6 cm³/mol. The smallest absolute Gasteiger partial charge is 0.128 e. The first kappa shape index (κ1) is 12.7. The monoisotopic (exact) mass is 253 g/mol. The molecule has 17 heavy (non-hydrogen) atoms. The van der Waals surface area contributed by atoms with Crippen molar-refractivity contribution in [1.29, 1.82) is 0 Å². The Morgan fingerprint density at radius 2 is 2.35 bits per heavy atom. The Balaban J connectivity index is 2.17. The quantitative estimate of drug-likeness (QED) is 0.898. The molecule has 0 spiro atoms. The number of anilines is 1. The third-order valence-corrected chi connectivity index (χ3v) is 3.57. The van der Waals surface area contributed by atoms with Crippen LogP contribution in [-0.4, -0.2) is 25.1 Å². The third kappa shape index (κ3) is 3.11. The van der Waals surface area contributed by atoms with E-state index in [-0.39, 0.29) is 0 Å². The van der Waals surface area contributed by atoms with Crippen LogP contribution in [0.5, 0.6) is 0 Å². The van der Waals surface area contributed by atoms with Gasteiger partial charge in [-0.05, 0) is 37.9 Å². The molecule has 1 saturated heterocycles. The van der Waals surface area contributed by atoms with Gasteiger partial charge in [0.05, 0.1) is 10.7 Å². The molecule has 1 aliphatic heterocycles. The van der Waals surface area contributed by atoms with Gasteiger partial charge in [-0.15, -0.1) is 0 Å². The second-order valence-corrected chi connectivity index (χ2v) is 5.23. The molecule has 0 bridgehead atoms. The SMILES string of the molecule is CNCc1nc(N2CCCC(C)C2)ccc1Cl. The largest absolute Gasteiger partial charge is 0.356 e. The van der Waals surface area contributed by atoms with Crippen molar-refractivity contribution < 1.29 is 0 Å². The van der Waals surface area contributed by atoms with Crippen LogP contribution >= 0.6 is 11.6 Å². The van der Waals surface area contributed by atoms with Crippen LogP contribution in [0, 0.1) is 5.92 Å². The lowest BCUT2D eigenvalue weighted by molar-refractivity contribution is 0.444. The summed E-state index contributed by atoms with van der Waals surface area (Å²) in [5.41, 5.74) is 0.935. The molecule has 2 heterocycles. The fourth-order valence-electron chi connectivity index (χ4n) is 2.34. The zero-order valence-electron chi connectivity index (χ0n) is 10.5. The first-order valence-electron chi connectivity index (χ1n) is 6.25. The summed E-state index contributed by atoms with van der Waals surface area (Å²) in [6.07, 6.45) is 2.58. The van der Waals surface area contributed by atoms with Gasteiger partial charge in [0.25, 0.3) is 0 Å². The van der Waals surface area contributed by atoms with Crippen molar-refractivity contribution in [2.24, 2.45) is 5.92 Å². The number of hydrogen-bond acceptors (Lipinski definition) is 3. The van der Waals surface area contributed by atoms with Crippen LogP contribution in [-0.2, 0) is 6.54 Å². The van der Waals surface area contributed by atoms with Crippen molar-refractivity contribution in [3.8, 4) is 0 Å². The predicted octanol–water partition coefficient (Wildman–Crippen LogP) is 2.69. The Bertz CT molecular complexity index is 381. The normalized spacial score (nSPS) is 20.6. The molecule has 0 radical (unpaired) electrons. The Kier molecular flexibility index (Phi) is 4.24. The summed E-state index contributed by atoms with van der Waals surface area (Å²) in [6.45, 7) is 5.23. The van der Waals surface area contributed by atoms with E-state index in [1.165, 1.54) is 12.8 Å². The van der Waals surface area contributed by atoms with E-state index in [0.29, 0.717) is 0 Å². The zero-order chi connectivity index (χ0) is 12.3. The van der Waals surface area contributed by atoms with Crippen molar-refractivity contribution >= 4 is 17.4 Å². The first-order valence-corrected chi connectivity index (χ1v) is 6.63. The van der Waals surface area contributed by atoms with Gasteiger partial charge in [0, 0.05) is 19.6 Å². The Morgan fingerprint density at radius 3 is 3.06 bits per heavy atom. The Morgan fingerprint density at radius 1 is 1.53 bits per heavy atom. The number of aromatic nitrogens is 1. The average molecular weight is 254 g/mol. The lowest BCUT2D eigenvalue weighted by Crippen LogP contribution is -2.35. The van der Waals surface area contributed by atoms with Gasteiger partial charge in [0.2, 0.25) is 0 Å². The molecule has 1 aromatic heterocycles. The highest BCUT2D eigenvalue weighted by Crippen LogP contribution is 2.24. The molecular formula is C13H20ClN3. The van der Waals surface area contributed by atoms with E-state index < -0.39 is 0 Å². The molecule has 0 amide bonds. The Hall–Kier alpha value is -0.800. The molecule has 2 rings (SSSR count). The Labute approximate surface area is 108 Å². The maximum absolute atomic E-state index is 6.12. The molecule has 1 aliphatic rings. The number of pyridine rings is 1. The number of halogens is 1. The zero-order valence-corrected chi connectivity index (χ0v) is 11.3. The van der Waals surface area contributed by atoms with Gasteiger partial charge in [0.1, 0.15) is 5.82 Å². The van der Waals surface area contributed by atoms with Crippen LogP contribution in [0.3, 0.4) is 0 Å². The van der Waals surface area contributed by atoms with Crippen LogP contribution in [0.15, 0.2) is 12.1 Å². The second kappa shape index (κ2) is 5.69. The maximum Gasteiger partial charge on any atom is 0.128 e. The van der Waals surface area contributed by atoms with Crippen molar-refractivity contribution in [3.05, 3.63) is 22.8 Å². The van der Waals surface area contributed by atoms with E-state index in [1.54, 1.807) is 0 Å². The maximum atomic E-state index is 6.12. The van der Waals surface area contributed by atoms with E-state index in [4.69, 9.17) is 11.6 Å². The average Bonchev–Trinajstić information content (AvgIpc) is 2.32. The van der Waals surface area contributed by atoms with Crippen molar-refractivity contribution in [3.63, 3.8) is 0 Å². The fraction of sp³-hybridized carbons (Fsp3) is 0.615. The molecule has 1 atom stereocenters. The summed E-state index contributed by atoms with van der Waals surface area (Å²) < 4.78 is 0. The molecule has 3 nitrogen and oxygen atoms in total. The molecule has 94 valence electrons. The molecule has 1 unspecified atom stereocenters. The van der Waals surface area contributed by atoms with Crippen LogP contribution in [0.2, 0.25) is 5.02 Å². The highest BCUT2D eigenvalue weighted by atomic mass is 35.5. The summed E-state index contributed by atoms with van der Waals surface area (Å²) >= 11 is 6.12. The molecule has 1 fully saturated rings. The number of rotatable bonds is 3. The van der Waals surface area contributed by atoms with E-state index in [2.05, 4.69) is 22.1 Å². The van der Waals surface area contributed by atoms with Crippen molar-refractivity contribution in [1.82, 2.24) is 10.3 Å². The van der Waals surface area contributed by atoms with Gasteiger partial charge >= 0.3 is 0 Å². The minimum Gasteiger partial charge on any atom is -0.356 e. The summed E-state index contributed by atoms with van der Waals surface area (Å²) in [5, 5.41) is 3.84. The highest BCUT2D eigenvalue weighted by molar-refractivity contribution is 6.31. The van der Waals surface area contributed by atoms with Gasteiger partial charge in [-0.25, -0.2) is 4.98 Å². The topological polar surface area (TPSA) is 28.2 Å². The van der Waals surface area contributed by atoms with Gasteiger partial charge in [-0.3, -0.25) is 0 Å². The number of hydrogen-bond donors (Lipinski definition) is 1. The minimum absolute atomic E-state index is 0.718. The van der Waals surface area contributed by atoms with Crippen molar-refractivity contribution in [2.75, 3.05) is 25.0 Å². The van der Waals surface area contributed by atoms with E-state index in [9.17, 15) is 0 Å². The van der Waals surface area contributed by atoms with Gasteiger partial charge in [-0.1, -0.05) is 18.5 Å². The molecule has 0 aromatic carbocycles. The molecular weight excluding hydrogens is 234 g/mol. The third-order valence-electron chi connectivity index (χ3n) is 3.23. The molecule has 4 heteroatoms. The molecule has 0 saturated carbocycles. The molecule has 1 aromatic rings. The number of nitrogens with one attached hydrogen (secondary N) is 1. The summed E-state index contributed by atoms with van der Waals surface area (Å²) in [5.74, 6) is 1.82. The number of piperidine rings is 1. The lowest BCUT2D eigenvalue weighted by Gasteiger charge is -2.32. The van der Waals surface area contributed by atoms with Crippen molar-refractivity contribution in [2.45, 2.75) is 26.3 Å². The van der Waals surface area contributed by atoms with Gasteiger partial charge < -0.3 is 10.2 Å². The first-order chi connectivity index (χ1) is 8.20. The highest BCUT2D eigenvalue weighted by Gasteiger charge is 2.18. The molecule has 1 N–H and O–H groups in total. The van der Waals surface area contributed by atoms with Crippen LogP contribution in [0.25, 0.3) is 0 Å². The van der Waals surface area contributed by atoms with Gasteiger partial charge in [0.15, 0.2) is 0 Å². The van der Waals surface area contributed by atoms with Crippen LogP contribution in [0.4, 0.5) is 5.82 Å². The van der Waals surface area contributed by atoms with Crippen LogP contribution < -0.4 is 10.2 Å². The van der Waals surface area contributed by atoms with E-state index in [0.717, 1.165) is 42.1 Å². The standard InChI is InChI=1S/C13H20ClN3/c1-10-4-3-7-17(9-10)13-6-5-11(14)12(16-13)8-15-2/h5-6,10,15H,3-4,7-9H2,1-2H3. The fourth-order valence-corrected chi connectivity index (χ4v) is 2.51. The lowest BCUT2D eigenvalue weighted by atomic mass is 10.0. The molecule has 0 aliphatic carbocycles. The van der Waals surface area contributed by atoms with E-state index in [1.807, 2.05) is 19.2 Å².